The molecule has 9 nitrogen and oxygen atoms in total. The molecule has 9 heteroatoms. The molecule has 3 N–H and O–H groups in total. The molecular weight excluding hydrogens is 432 g/mol. The number of aryl methyl sites for hydroxylation is 2. The number of fused-ring (bicyclic) bond motifs is 1. The molecule has 34 heavy (non-hydrogen) atoms. The molecule has 0 saturated carbocycles. The van der Waals surface area contributed by atoms with Gasteiger partial charge in [-0.1, -0.05) is 35.9 Å². The van der Waals surface area contributed by atoms with Gasteiger partial charge in [0.25, 0.3) is 5.56 Å². The van der Waals surface area contributed by atoms with Gasteiger partial charge in [0.2, 0.25) is 5.95 Å². The zero-order valence-corrected chi connectivity index (χ0v) is 20.2. The second kappa shape index (κ2) is 9.99. The molecule has 0 radical (unpaired) electrons. The van der Waals surface area contributed by atoms with Crippen molar-refractivity contribution in [3.8, 4) is 0 Å². The number of hydrogen-bond acceptors (Lipinski definition) is 6. The topological polar surface area (TPSA) is 111 Å². The van der Waals surface area contributed by atoms with Gasteiger partial charge in [-0.05, 0) is 44.2 Å². The third kappa shape index (κ3) is 4.71. The molecule has 1 aromatic carbocycles. The Morgan fingerprint density at radius 1 is 1.18 bits per heavy atom. The van der Waals surface area contributed by atoms with Crippen molar-refractivity contribution < 1.29 is 5.11 Å². The van der Waals surface area contributed by atoms with Gasteiger partial charge in [-0.25, -0.2) is 4.79 Å². The fraction of sp³-hybridized carbons (Fsp3) is 0.480. The van der Waals surface area contributed by atoms with Crippen LogP contribution in [-0.4, -0.2) is 42.9 Å². The van der Waals surface area contributed by atoms with E-state index in [1.165, 1.54) is 9.13 Å². The summed E-state index contributed by atoms with van der Waals surface area (Å²) >= 11 is 0. The number of anilines is 1. The number of piperidine rings is 1. The van der Waals surface area contributed by atoms with Gasteiger partial charge in [0.15, 0.2) is 11.2 Å². The number of allylic oxidation sites excluding steroid dienone is 2. The first-order valence-electron chi connectivity index (χ1n) is 11.8. The lowest BCUT2D eigenvalue weighted by atomic mass is 10.1. The molecule has 1 saturated heterocycles. The van der Waals surface area contributed by atoms with Crippen molar-refractivity contribution in [1.82, 2.24) is 18.7 Å². The predicted molar refractivity (Wildman–Crippen MR) is 134 cm³/mol. The molecule has 0 amide bonds. The number of nitrogens with two attached hydrogens (primary N) is 1. The van der Waals surface area contributed by atoms with Crippen LogP contribution >= 0.6 is 0 Å². The van der Waals surface area contributed by atoms with Crippen LogP contribution in [0.1, 0.15) is 37.8 Å². The first-order chi connectivity index (χ1) is 16.3. The van der Waals surface area contributed by atoms with E-state index in [-0.39, 0.29) is 30.4 Å². The summed E-state index contributed by atoms with van der Waals surface area (Å²) in [4.78, 5) is 33.7. The normalized spacial score (nSPS) is 16.3. The minimum Gasteiger partial charge on any atom is -0.392 e. The Labute approximate surface area is 198 Å². The second-order valence-corrected chi connectivity index (χ2v) is 9.35. The average Bonchev–Trinajstić information content (AvgIpc) is 3.21. The largest absolute Gasteiger partial charge is 0.392 e. The van der Waals surface area contributed by atoms with Crippen molar-refractivity contribution in [2.75, 3.05) is 18.0 Å². The molecule has 1 unspecified atom stereocenters. The van der Waals surface area contributed by atoms with Crippen LogP contribution in [0.2, 0.25) is 0 Å². The van der Waals surface area contributed by atoms with E-state index in [0.717, 1.165) is 36.1 Å². The summed E-state index contributed by atoms with van der Waals surface area (Å²) in [6.07, 6.45) is 4.52. The van der Waals surface area contributed by atoms with E-state index >= 15 is 0 Å². The van der Waals surface area contributed by atoms with Gasteiger partial charge in [0.1, 0.15) is 0 Å². The molecular formula is C25H34N6O3. The Balaban J connectivity index is 1.80. The molecule has 1 atom stereocenters. The number of rotatable bonds is 7. The monoisotopic (exact) mass is 466 g/mol. The highest BCUT2D eigenvalue weighted by Crippen LogP contribution is 2.23. The maximum absolute atomic E-state index is 13.6. The lowest BCUT2D eigenvalue weighted by Gasteiger charge is -2.31. The molecule has 1 fully saturated rings. The van der Waals surface area contributed by atoms with E-state index in [1.54, 1.807) is 7.05 Å². The third-order valence-electron chi connectivity index (χ3n) is 6.46. The molecule has 2 aromatic heterocycles. The maximum atomic E-state index is 13.6. The Bertz CT molecular complexity index is 1310. The van der Waals surface area contributed by atoms with Crippen LogP contribution in [0.25, 0.3) is 11.2 Å². The SMILES string of the molecule is CC(C)=CCn1c(N2CCCC(N)C2)nc2c1c(=O)n(CCc1ccc(CO)cc1)c(=O)n2C. The fourth-order valence-corrected chi connectivity index (χ4v) is 4.49. The molecule has 3 aromatic rings. The number of aromatic nitrogens is 4. The second-order valence-electron chi connectivity index (χ2n) is 9.35. The van der Waals surface area contributed by atoms with Crippen LogP contribution in [-0.2, 0) is 33.2 Å². The number of aliphatic hydroxyl groups excluding tert-OH is 1. The number of imidazole rings is 1. The highest BCUT2D eigenvalue weighted by atomic mass is 16.3. The first-order valence-corrected chi connectivity index (χ1v) is 11.8. The lowest BCUT2D eigenvalue weighted by molar-refractivity contribution is 0.282. The molecule has 1 aliphatic heterocycles. The van der Waals surface area contributed by atoms with Gasteiger partial charge < -0.3 is 20.3 Å². The number of nitrogens with zero attached hydrogens (tertiary/aromatic N) is 5. The van der Waals surface area contributed by atoms with E-state index in [2.05, 4.69) is 11.0 Å². The Morgan fingerprint density at radius 2 is 1.88 bits per heavy atom. The van der Waals surface area contributed by atoms with Gasteiger partial charge in [0, 0.05) is 39.3 Å². The summed E-state index contributed by atoms with van der Waals surface area (Å²) < 4.78 is 4.70. The zero-order chi connectivity index (χ0) is 24.4. The minimum atomic E-state index is -0.377. The summed E-state index contributed by atoms with van der Waals surface area (Å²) in [5, 5.41) is 9.24. The summed E-state index contributed by atoms with van der Waals surface area (Å²) in [5.74, 6) is 0.687. The summed E-state index contributed by atoms with van der Waals surface area (Å²) in [5.41, 5.74) is 9.31. The summed E-state index contributed by atoms with van der Waals surface area (Å²) in [6.45, 7) is 6.27. The van der Waals surface area contributed by atoms with Crippen LogP contribution in [0.3, 0.4) is 0 Å². The van der Waals surface area contributed by atoms with Crippen molar-refractivity contribution in [3.63, 3.8) is 0 Å². The Kier molecular flexibility index (Phi) is 7.04. The lowest BCUT2D eigenvalue weighted by Crippen LogP contribution is -2.44. The molecule has 0 aliphatic carbocycles. The van der Waals surface area contributed by atoms with Crippen LogP contribution in [0, 0.1) is 0 Å². The Hall–Kier alpha value is -3.17. The van der Waals surface area contributed by atoms with Crippen molar-refractivity contribution in [2.24, 2.45) is 12.8 Å². The van der Waals surface area contributed by atoms with Gasteiger partial charge in [-0.15, -0.1) is 0 Å². The fourth-order valence-electron chi connectivity index (χ4n) is 4.49. The van der Waals surface area contributed by atoms with Crippen molar-refractivity contribution in [1.29, 1.82) is 0 Å². The van der Waals surface area contributed by atoms with Gasteiger partial charge >= 0.3 is 5.69 Å². The number of aliphatic hydroxyl groups is 1. The summed E-state index contributed by atoms with van der Waals surface area (Å²) in [7, 11) is 1.67. The standard InChI is InChI=1S/C25H34N6O3/c1-17(2)10-13-30-21-22(27-24(30)29-12-4-5-20(26)15-29)28(3)25(34)31(23(21)33)14-11-18-6-8-19(16-32)9-7-18/h6-10,20,32H,4-5,11-16,26H2,1-3H3. The number of hydrogen-bond donors (Lipinski definition) is 2. The van der Waals surface area contributed by atoms with E-state index in [0.29, 0.717) is 36.6 Å². The quantitative estimate of drug-likeness (QED) is 0.511. The molecule has 182 valence electrons. The van der Waals surface area contributed by atoms with E-state index < -0.39 is 0 Å². The molecule has 1 aliphatic rings. The minimum absolute atomic E-state index is 0.0170. The van der Waals surface area contributed by atoms with Gasteiger partial charge in [-0.3, -0.25) is 13.9 Å². The summed E-state index contributed by atoms with van der Waals surface area (Å²) in [6, 6.07) is 7.59. The maximum Gasteiger partial charge on any atom is 0.332 e. The van der Waals surface area contributed by atoms with Crippen LogP contribution < -0.4 is 21.9 Å². The van der Waals surface area contributed by atoms with E-state index in [9.17, 15) is 14.7 Å². The van der Waals surface area contributed by atoms with E-state index in [4.69, 9.17) is 10.7 Å². The van der Waals surface area contributed by atoms with E-state index in [1.807, 2.05) is 42.7 Å². The first kappa shape index (κ1) is 24.0. The smallest absolute Gasteiger partial charge is 0.332 e. The average molecular weight is 467 g/mol. The van der Waals surface area contributed by atoms with Crippen LogP contribution in [0.4, 0.5) is 5.95 Å². The highest BCUT2D eigenvalue weighted by Gasteiger charge is 2.26. The van der Waals surface area contributed by atoms with Crippen LogP contribution in [0.5, 0.6) is 0 Å². The third-order valence-corrected chi connectivity index (χ3v) is 6.46. The van der Waals surface area contributed by atoms with Gasteiger partial charge in [-0.2, -0.15) is 4.98 Å². The molecule has 0 bridgehead atoms. The number of benzene rings is 1. The van der Waals surface area contributed by atoms with Crippen molar-refractivity contribution >= 4 is 17.1 Å². The Morgan fingerprint density at radius 3 is 2.53 bits per heavy atom. The highest BCUT2D eigenvalue weighted by molar-refractivity contribution is 5.74. The zero-order valence-electron chi connectivity index (χ0n) is 20.2. The predicted octanol–water partition coefficient (Wildman–Crippen LogP) is 1.53. The molecule has 4 rings (SSSR count). The van der Waals surface area contributed by atoms with Crippen LogP contribution in [0.15, 0.2) is 45.5 Å². The molecule has 0 spiro atoms. The van der Waals surface area contributed by atoms with Crippen molar-refractivity contribution in [2.45, 2.75) is 58.8 Å². The molecule has 3 heterocycles. The van der Waals surface area contributed by atoms with Gasteiger partial charge in [0.05, 0.1) is 6.61 Å². The van der Waals surface area contributed by atoms with Crippen molar-refractivity contribution in [3.05, 3.63) is 67.9 Å².